The third-order valence-corrected chi connectivity index (χ3v) is 2.47. The van der Waals surface area contributed by atoms with Crippen LogP contribution < -0.4 is 0 Å². The summed E-state index contributed by atoms with van der Waals surface area (Å²) in [7, 11) is 1.38. The minimum absolute atomic E-state index is 0.245. The van der Waals surface area contributed by atoms with Crippen LogP contribution >= 0.6 is 15.9 Å². The lowest BCUT2D eigenvalue weighted by Crippen LogP contribution is -2.33. The van der Waals surface area contributed by atoms with E-state index in [1.807, 2.05) is 0 Å². The van der Waals surface area contributed by atoms with Gasteiger partial charge < -0.3 is 9.47 Å². The van der Waals surface area contributed by atoms with Gasteiger partial charge in [0.05, 0.1) is 13.7 Å². The lowest BCUT2D eigenvalue weighted by atomic mass is 10.1. The van der Waals surface area contributed by atoms with E-state index in [-0.39, 0.29) is 5.97 Å². The van der Waals surface area contributed by atoms with Gasteiger partial charge in [0.25, 0.3) is 0 Å². The van der Waals surface area contributed by atoms with Gasteiger partial charge in [-0.2, -0.15) is 0 Å². The maximum Gasteiger partial charge on any atom is 0.325 e. The summed E-state index contributed by atoms with van der Waals surface area (Å²) < 4.78 is 9.04. The highest BCUT2D eigenvalue weighted by Gasteiger charge is 2.40. The fraction of sp³-hybridized carbons (Fsp3) is 0.833. The summed E-state index contributed by atoms with van der Waals surface area (Å²) in [6, 6.07) is 0. The van der Waals surface area contributed by atoms with Gasteiger partial charge in [-0.1, -0.05) is 15.9 Å². The molecule has 0 N–H and O–H groups in total. The molecule has 10 heavy (non-hydrogen) atoms. The molecule has 0 radical (unpaired) electrons. The molecule has 0 amide bonds. The standard InChI is InChI=1S/C6H9BrO3/c1-9-5(8)6(7)2-3-10-4-6/h2-4H2,1H3/t6-/m0/s1. The van der Waals surface area contributed by atoms with Gasteiger partial charge >= 0.3 is 5.97 Å². The van der Waals surface area contributed by atoms with E-state index >= 15 is 0 Å². The smallest absolute Gasteiger partial charge is 0.325 e. The van der Waals surface area contributed by atoms with Gasteiger partial charge in [0, 0.05) is 6.61 Å². The predicted octanol–water partition coefficient (Wildman–Crippen LogP) is 0.713. The molecule has 0 saturated carbocycles. The van der Waals surface area contributed by atoms with Gasteiger partial charge in [0.2, 0.25) is 0 Å². The zero-order valence-corrected chi connectivity index (χ0v) is 7.31. The van der Waals surface area contributed by atoms with Crippen molar-refractivity contribution in [2.24, 2.45) is 0 Å². The first-order chi connectivity index (χ1) is 4.69. The van der Waals surface area contributed by atoms with E-state index in [9.17, 15) is 4.79 Å². The first-order valence-corrected chi connectivity index (χ1v) is 3.83. The van der Waals surface area contributed by atoms with Crippen molar-refractivity contribution < 1.29 is 14.3 Å². The summed E-state index contributed by atoms with van der Waals surface area (Å²) in [6.07, 6.45) is 0.694. The van der Waals surface area contributed by atoms with Gasteiger partial charge in [-0.3, -0.25) is 4.79 Å². The SMILES string of the molecule is COC(=O)[C@]1(Br)CCOC1. The third-order valence-electron chi connectivity index (χ3n) is 1.52. The molecule has 1 saturated heterocycles. The Balaban J connectivity index is 2.58. The van der Waals surface area contributed by atoms with Crippen LogP contribution in [0.15, 0.2) is 0 Å². The zero-order chi connectivity index (χ0) is 7.61. The summed E-state index contributed by atoms with van der Waals surface area (Å²) in [5, 5.41) is 0. The Labute approximate surface area is 67.8 Å². The van der Waals surface area contributed by atoms with Crippen LogP contribution in [0.1, 0.15) is 6.42 Å². The average Bonchev–Trinajstić information content (AvgIpc) is 2.36. The van der Waals surface area contributed by atoms with Crippen LogP contribution in [0.4, 0.5) is 0 Å². The zero-order valence-electron chi connectivity index (χ0n) is 5.72. The lowest BCUT2D eigenvalue weighted by molar-refractivity contribution is -0.143. The summed E-state index contributed by atoms with van der Waals surface area (Å²) in [4.78, 5) is 11.0. The monoisotopic (exact) mass is 208 g/mol. The molecule has 1 aliphatic heterocycles. The molecule has 1 aliphatic rings. The molecule has 0 unspecified atom stereocenters. The van der Waals surface area contributed by atoms with Crippen molar-refractivity contribution in [2.75, 3.05) is 20.3 Å². The highest BCUT2D eigenvalue weighted by Crippen LogP contribution is 2.29. The molecule has 1 heterocycles. The molecule has 1 fully saturated rings. The molecule has 1 atom stereocenters. The maximum absolute atomic E-state index is 11.0. The fourth-order valence-electron chi connectivity index (χ4n) is 0.884. The van der Waals surface area contributed by atoms with E-state index in [4.69, 9.17) is 4.74 Å². The van der Waals surface area contributed by atoms with Gasteiger partial charge in [-0.25, -0.2) is 0 Å². The average molecular weight is 209 g/mol. The molecular weight excluding hydrogens is 200 g/mol. The van der Waals surface area contributed by atoms with E-state index in [0.717, 1.165) is 0 Å². The van der Waals surface area contributed by atoms with Gasteiger partial charge in [0.15, 0.2) is 0 Å². The number of carbonyl (C=O) groups excluding carboxylic acids is 1. The summed E-state index contributed by atoms with van der Waals surface area (Å²) in [5.74, 6) is -0.245. The number of ether oxygens (including phenoxy) is 2. The second-order valence-corrected chi connectivity index (χ2v) is 3.78. The van der Waals surface area contributed by atoms with E-state index in [0.29, 0.717) is 19.6 Å². The van der Waals surface area contributed by atoms with Crippen LogP contribution in [0.25, 0.3) is 0 Å². The number of halogens is 1. The fourth-order valence-corrected chi connectivity index (χ4v) is 1.37. The molecule has 3 nitrogen and oxygen atoms in total. The van der Waals surface area contributed by atoms with Crippen molar-refractivity contribution in [1.29, 1.82) is 0 Å². The molecule has 0 aromatic carbocycles. The van der Waals surface area contributed by atoms with Crippen LogP contribution in [-0.2, 0) is 14.3 Å². The second kappa shape index (κ2) is 2.88. The van der Waals surface area contributed by atoms with Crippen LogP contribution in [0.5, 0.6) is 0 Å². The molecule has 0 aliphatic carbocycles. The highest BCUT2D eigenvalue weighted by atomic mass is 79.9. The third kappa shape index (κ3) is 1.32. The van der Waals surface area contributed by atoms with Gasteiger partial charge in [-0.05, 0) is 6.42 Å². The Morgan fingerprint density at radius 2 is 2.50 bits per heavy atom. The topological polar surface area (TPSA) is 35.5 Å². The van der Waals surface area contributed by atoms with E-state index in [2.05, 4.69) is 20.7 Å². The van der Waals surface area contributed by atoms with Crippen molar-refractivity contribution in [3.63, 3.8) is 0 Å². The summed E-state index contributed by atoms with van der Waals surface area (Å²) in [6.45, 7) is 1.04. The molecule has 4 heteroatoms. The first kappa shape index (κ1) is 8.01. The number of carbonyl (C=O) groups is 1. The number of alkyl halides is 1. The number of hydrogen-bond acceptors (Lipinski definition) is 3. The molecule has 1 rings (SSSR count). The van der Waals surface area contributed by atoms with Crippen LogP contribution in [0, 0.1) is 0 Å². The molecule has 58 valence electrons. The van der Waals surface area contributed by atoms with E-state index in [1.165, 1.54) is 7.11 Å². The molecule has 0 bridgehead atoms. The largest absolute Gasteiger partial charge is 0.468 e. The maximum atomic E-state index is 11.0. The Kier molecular flexibility index (Phi) is 2.31. The van der Waals surface area contributed by atoms with Crippen LogP contribution in [0.2, 0.25) is 0 Å². The summed E-state index contributed by atoms with van der Waals surface area (Å²) in [5.41, 5.74) is 0. The van der Waals surface area contributed by atoms with Gasteiger partial charge in [-0.15, -0.1) is 0 Å². The summed E-state index contributed by atoms with van der Waals surface area (Å²) >= 11 is 3.27. The molecule has 0 spiro atoms. The molecular formula is C6H9BrO3. The Bertz CT molecular complexity index is 140. The normalized spacial score (nSPS) is 32.2. The number of hydrogen-bond donors (Lipinski definition) is 0. The highest BCUT2D eigenvalue weighted by molar-refractivity contribution is 9.10. The number of rotatable bonds is 1. The van der Waals surface area contributed by atoms with Crippen molar-refractivity contribution >= 4 is 21.9 Å². The van der Waals surface area contributed by atoms with Crippen molar-refractivity contribution in [3.05, 3.63) is 0 Å². The molecule has 0 aromatic rings. The number of methoxy groups -OCH3 is 1. The van der Waals surface area contributed by atoms with E-state index in [1.54, 1.807) is 0 Å². The van der Waals surface area contributed by atoms with Crippen LogP contribution in [0.3, 0.4) is 0 Å². The Morgan fingerprint density at radius 1 is 1.80 bits per heavy atom. The Hall–Kier alpha value is -0.0900. The molecule has 0 aromatic heterocycles. The predicted molar refractivity (Wildman–Crippen MR) is 39.1 cm³/mol. The van der Waals surface area contributed by atoms with E-state index < -0.39 is 4.32 Å². The van der Waals surface area contributed by atoms with Crippen molar-refractivity contribution in [2.45, 2.75) is 10.7 Å². The lowest BCUT2D eigenvalue weighted by Gasteiger charge is -2.14. The minimum atomic E-state index is -0.568. The quantitative estimate of drug-likeness (QED) is 0.471. The van der Waals surface area contributed by atoms with Crippen molar-refractivity contribution in [1.82, 2.24) is 0 Å². The second-order valence-electron chi connectivity index (χ2n) is 2.26. The first-order valence-electron chi connectivity index (χ1n) is 3.04. The minimum Gasteiger partial charge on any atom is -0.468 e. The Morgan fingerprint density at radius 3 is 2.90 bits per heavy atom. The van der Waals surface area contributed by atoms with Crippen LogP contribution in [-0.4, -0.2) is 30.6 Å². The van der Waals surface area contributed by atoms with Crippen molar-refractivity contribution in [3.8, 4) is 0 Å². The van der Waals surface area contributed by atoms with Gasteiger partial charge in [0.1, 0.15) is 4.32 Å². The number of esters is 1.